The van der Waals surface area contributed by atoms with E-state index in [9.17, 15) is 0 Å². The molecule has 92 valence electrons. The van der Waals surface area contributed by atoms with Crippen molar-refractivity contribution in [2.45, 2.75) is 64.8 Å². The maximum atomic E-state index is 3.79. The predicted octanol–water partition coefficient (Wildman–Crippen LogP) is 3.59. The Labute approximate surface area is 100 Å². The lowest BCUT2D eigenvalue weighted by Gasteiger charge is -2.59. The standard InChI is InChI=1S/C15H27N/c1-3-4-16-11(2)15-8-12-5-13(9-15)7-14(6-12)10-15/h11-14,16H,3-10H2,1-2H3. The zero-order valence-corrected chi connectivity index (χ0v) is 11.0. The highest BCUT2D eigenvalue weighted by Gasteiger charge is 2.52. The molecule has 0 spiro atoms. The van der Waals surface area contributed by atoms with Crippen LogP contribution in [0.3, 0.4) is 0 Å². The number of hydrogen-bond acceptors (Lipinski definition) is 1. The molecule has 4 rings (SSSR count). The van der Waals surface area contributed by atoms with Gasteiger partial charge in [-0.2, -0.15) is 0 Å². The van der Waals surface area contributed by atoms with Crippen LogP contribution in [0, 0.1) is 23.2 Å². The highest BCUT2D eigenvalue weighted by Crippen LogP contribution is 2.61. The zero-order chi connectivity index (χ0) is 11.2. The molecule has 4 aliphatic carbocycles. The van der Waals surface area contributed by atoms with Gasteiger partial charge in [0, 0.05) is 6.04 Å². The summed E-state index contributed by atoms with van der Waals surface area (Å²) in [6.07, 6.45) is 10.6. The quantitative estimate of drug-likeness (QED) is 0.765. The molecule has 16 heavy (non-hydrogen) atoms. The molecule has 4 saturated carbocycles. The fourth-order valence-corrected chi connectivity index (χ4v) is 5.29. The summed E-state index contributed by atoms with van der Waals surface area (Å²) in [6.45, 7) is 5.95. The molecule has 0 radical (unpaired) electrons. The van der Waals surface area contributed by atoms with Crippen molar-refractivity contribution in [1.29, 1.82) is 0 Å². The molecule has 4 fully saturated rings. The molecule has 0 aromatic carbocycles. The topological polar surface area (TPSA) is 12.0 Å². The first-order valence-corrected chi connectivity index (χ1v) is 7.45. The van der Waals surface area contributed by atoms with Gasteiger partial charge in [-0.1, -0.05) is 6.92 Å². The minimum absolute atomic E-state index is 0.698. The Morgan fingerprint density at radius 1 is 1.06 bits per heavy atom. The van der Waals surface area contributed by atoms with Crippen LogP contribution in [0.4, 0.5) is 0 Å². The molecule has 0 heterocycles. The van der Waals surface area contributed by atoms with E-state index in [1.807, 2.05) is 0 Å². The van der Waals surface area contributed by atoms with Crippen LogP contribution in [0.25, 0.3) is 0 Å². The zero-order valence-electron chi connectivity index (χ0n) is 11.0. The van der Waals surface area contributed by atoms with E-state index < -0.39 is 0 Å². The monoisotopic (exact) mass is 221 g/mol. The summed E-state index contributed by atoms with van der Waals surface area (Å²) in [4.78, 5) is 0. The van der Waals surface area contributed by atoms with Crippen molar-refractivity contribution in [3.8, 4) is 0 Å². The van der Waals surface area contributed by atoms with Crippen molar-refractivity contribution < 1.29 is 0 Å². The van der Waals surface area contributed by atoms with E-state index in [1.54, 1.807) is 19.3 Å². The van der Waals surface area contributed by atoms with Crippen LogP contribution in [-0.4, -0.2) is 12.6 Å². The van der Waals surface area contributed by atoms with Crippen LogP contribution in [0.2, 0.25) is 0 Å². The SMILES string of the molecule is CCCNC(C)C12CC3CC(CC(C3)C1)C2. The van der Waals surface area contributed by atoms with Gasteiger partial charge in [0.2, 0.25) is 0 Å². The Hall–Kier alpha value is -0.0400. The lowest BCUT2D eigenvalue weighted by Crippen LogP contribution is -2.54. The summed E-state index contributed by atoms with van der Waals surface area (Å²) in [5.74, 6) is 3.28. The van der Waals surface area contributed by atoms with Gasteiger partial charge in [-0.3, -0.25) is 0 Å². The first-order valence-electron chi connectivity index (χ1n) is 7.45. The van der Waals surface area contributed by atoms with Gasteiger partial charge in [0.25, 0.3) is 0 Å². The van der Waals surface area contributed by atoms with Crippen molar-refractivity contribution in [3.63, 3.8) is 0 Å². The minimum atomic E-state index is 0.698. The lowest BCUT2D eigenvalue weighted by molar-refractivity contribution is -0.0702. The fraction of sp³-hybridized carbons (Fsp3) is 1.00. The highest BCUT2D eigenvalue weighted by atomic mass is 14.9. The van der Waals surface area contributed by atoms with Crippen molar-refractivity contribution in [3.05, 3.63) is 0 Å². The molecule has 1 unspecified atom stereocenters. The number of rotatable bonds is 4. The Balaban J connectivity index is 1.72. The summed E-state index contributed by atoms with van der Waals surface area (Å²) in [7, 11) is 0. The summed E-state index contributed by atoms with van der Waals surface area (Å²) in [6, 6.07) is 0.765. The van der Waals surface area contributed by atoms with E-state index in [0.717, 1.165) is 23.8 Å². The average molecular weight is 221 g/mol. The first-order chi connectivity index (χ1) is 7.72. The van der Waals surface area contributed by atoms with Crippen molar-refractivity contribution in [2.75, 3.05) is 6.54 Å². The van der Waals surface area contributed by atoms with Gasteiger partial charge in [0.05, 0.1) is 0 Å². The molecule has 1 N–H and O–H groups in total. The van der Waals surface area contributed by atoms with Crippen LogP contribution in [0.1, 0.15) is 58.8 Å². The van der Waals surface area contributed by atoms with Gasteiger partial charge in [-0.25, -0.2) is 0 Å². The van der Waals surface area contributed by atoms with Gasteiger partial charge in [-0.15, -0.1) is 0 Å². The first kappa shape index (κ1) is 11.1. The Morgan fingerprint density at radius 2 is 1.56 bits per heavy atom. The Kier molecular flexibility index (Phi) is 2.78. The number of hydrogen-bond donors (Lipinski definition) is 1. The molecule has 1 nitrogen and oxygen atoms in total. The van der Waals surface area contributed by atoms with E-state index in [4.69, 9.17) is 0 Å². The van der Waals surface area contributed by atoms with Gasteiger partial charge in [0.1, 0.15) is 0 Å². The van der Waals surface area contributed by atoms with E-state index in [-0.39, 0.29) is 0 Å². The summed E-state index contributed by atoms with van der Waals surface area (Å²) in [5, 5.41) is 3.79. The molecule has 0 aromatic rings. The predicted molar refractivity (Wildman–Crippen MR) is 68.4 cm³/mol. The maximum Gasteiger partial charge on any atom is 0.00954 e. The second kappa shape index (κ2) is 4.01. The van der Waals surface area contributed by atoms with Gasteiger partial charge >= 0.3 is 0 Å². The Morgan fingerprint density at radius 3 is 2.00 bits per heavy atom. The smallest absolute Gasteiger partial charge is 0.00954 e. The third-order valence-electron chi connectivity index (χ3n) is 5.70. The van der Waals surface area contributed by atoms with E-state index >= 15 is 0 Å². The third kappa shape index (κ3) is 1.72. The van der Waals surface area contributed by atoms with Crippen LogP contribution in [0.15, 0.2) is 0 Å². The van der Waals surface area contributed by atoms with Gasteiger partial charge < -0.3 is 5.32 Å². The molecule has 0 aromatic heterocycles. The van der Waals surface area contributed by atoms with Crippen molar-refractivity contribution >= 4 is 0 Å². The van der Waals surface area contributed by atoms with Crippen LogP contribution >= 0.6 is 0 Å². The summed E-state index contributed by atoms with van der Waals surface area (Å²) < 4.78 is 0. The summed E-state index contributed by atoms with van der Waals surface area (Å²) in [5.41, 5.74) is 0.698. The third-order valence-corrected chi connectivity index (χ3v) is 5.70. The molecule has 4 aliphatic rings. The Bertz CT molecular complexity index is 223. The minimum Gasteiger partial charge on any atom is -0.314 e. The van der Waals surface area contributed by atoms with E-state index in [0.29, 0.717) is 5.41 Å². The molecule has 0 amide bonds. The van der Waals surface area contributed by atoms with Crippen LogP contribution in [0.5, 0.6) is 0 Å². The highest BCUT2D eigenvalue weighted by molar-refractivity contribution is 5.05. The average Bonchev–Trinajstić information content (AvgIpc) is 2.24. The lowest BCUT2D eigenvalue weighted by atomic mass is 9.48. The van der Waals surface area contributed by atoms with E-state index in [2.05, 4.69) is 19.2 Å². The second-order valence-electron chi connectivity index (χ2n) is 6.96. The fourth-order valence-electron chi connectivity index (χ4n) is 5.29. The maximum absolute atomic E-state index is 3.79. The molecule has 0 aliphatic heterocycles. The second-order valence-corrected chi connectivity index (χ2v) is 6.96. The largest absolute Gasteiger partial charge is 0.314 e. The molecule has 0 saturated heterocycles. The van der Waals surface area contributed by atoms with E-state index in [1.165, 1.54) is 32.2 Å². The molecular formula is C15H27N. The summed E-state index contributed by atoms with van der Waals surface area (Å²) >= 11 is 0. The van der Waals surface area contributed by atoms with Crippen molar-refractivity contribution in [1.82, 2.24) is 5.32 Å². The molecule has 1 heteroatoms. The van der Waals surface area contributed by atoms with Crippen molar-refractivity contribution in [2.24, 2.45) is 23.2 Å². The van der Waals surface area contributed by atoms with Gasteiger partial charge in [-0.05, 0) is 81.6 Å². The van der Waals surface area contributed by atoms with Crippen LogP contribution < -0.4 is 5.32 Å². The van der Waals surface area contributed by atoms with Gasteiger partial charge in [0.15, 0.2) is 0 Å². The normalized spacial score (nSPS) is 47.2. The molecular weight excluding hydrogens is 194 g/mol. The number of nitrogens with one attached hydrogen (secondary N) is 1. The molecule has 1 atom stereocenters. The molecule has 4 bridgehead atoms. The van der Waals surface area contributed by atoms with Crippen LogP contribution in [-0.2, 0) is 0 Å².